The van der Waals surface area contributed by atoms with Gasteiger partial charge in [0.05, 0.1) is 13.5 Å². The van der Waals surface area contributed by atoms with Gasteiger partial charge in [-0.25, -0.2) is 0 Å². The zero-order valence-electron chi connectivity index (χ0n) is 14.4. The molecule has 0 radical (unpaired) electrons. The van der Waals surface area contributed by atoms with Crippen molar-refractivity contribution < 1.29 is 14.3 Å². The number of ether oxygens (including phenoxy) is 1. The van der Waals surface area contributed by atoms with Crippen LogP contribution in [-0.4, -0.2) is 59.9 Å². The molecule has 0 atom stereocenters. The van der Waals surface area contributed by atoms with Crippen molar-refractivity contribution in [3.8, 4) is 5.75 Å². The molecule has 1 fully saturated rings. The minimum absolute atomic E-state index is 0.0710. The lowest BCUT2D eigenvalue weighted by molar-refractivity contribution is -0.138. The lowest BCUT2D eigenvalue weighted by Gasteiger charge is -2.34. The third-order valence-corrected chi connectivity index (χ3v) is 4.73. The summed E-state index contributed by atoms with van der Waals surface area (Å²) in [5, 5.41) is 1.03. The molecule has 128 valence electrons. The minimum atomic E-state index is 0.0710. The summed E-state index contributed by atoms with van der Waals surface area (Å²) in [5.41, 5.74) is 3.04. The Kier molecular flexibility index (Phi) is 4.46. The zero-order chi connectivity index (χ0) is 17.3. The molecular weight excluding hydrogens is 306 g/mol. The van der Waals surface area contributed by atoms with Crippen LogP contribution in [-0.2, 0) is 16.0 Å². The van der Waals surface area contributed by atoms with Crippen molar-refractivity contribution >= 4 is 22.7 Å². The highest BCUT2D eigenvalue weighted by Gasteiger charge is 2.23. The number of nitrogens with zero attached hydrogens (tertiary/aromatic N) is 2. The largest absolute Gasteiger partial charge is 0.497 e. The first kappa shape index (κ1) is 16.4. The Morgan fingerprint density at radius 2 is 1.83 bits per heavy atom. The molecule has 24 heavy (non-hydrogen) atoms. The van der Waals surface area contributed by atoms with E-state index in [9.17, 15) is 9.59 Å². The van der Waals surface area contributed by atoms with Crippen LogP contribution in [0, 0.1) is 6.92 Å². The summed E-state index contributed by atoms with van der Waals surface area (Å²) in [4.78, 5) is 31.0. The van der Waals surface area contributed by atoms with Crippen molar-refractivity contribution in [2.45, 2.75) is 20.3 Å². The summed E-state index contributed by atoms with van der Waals surface area (Å²) in [6.07, 6.45) is 0.360. The number of benzene rings is 1. The second-order valence-electron chi connectivity index (χ2n) is 6.20. The lowest BCUT2D eigenvalue weighted by atomic mass is 10.1. The van der Waals surface area contributed by atoms with Crippen LogP contribution < -0.4 is 4.74 Å². The van der Waals surface area contributed by atoms with Crippen LogP contribution in [0.2, 0.25) is 0 Å². The van der Waals surface area contributed by atoms with Gasteiger partial charge < -0.3 is 19.5 Å². The number of nitrogens with one attached hydrogen (secondary N) is 1. The molecule has 1 aromatic carbocycles. The van der Waals surface area contributed by atoms with Gasteiger partial charge >= 0.3 is 0 Å². The van der Waals surface area contributed by atoms with E-state index in [2.05, 4.69) is 4.98 Å². The molecule has 1 saturated heterocycles. The molecule has 2 aromatic rings. The molecule has 0 saturated carbocycles. The average Bonchev–Trinajstić information content (AvgIpc) is 2.89. The van der Waals surface area contributed by atoms with Crippen molar-refractivity contribution in [2.75, 3.05) is 33.3 Å². The number of piperazine rings is 1. The fraction of sp³-hybridized carbons (Fsp3) is 0.444. The maximum absolute atomic E-state index is 12.7. The third kappa shape index (κ3) is 3.09. The molecule has 1 aliphatic rings. The fourth-order valence-electron chi connectivity index (χ4n) is 3.25. The highest BCUT2D eigenvalue weighted by Crippen LogP contribution is 2.27. The Balaban J connectivity index is 1.76. The van der Waals surface area contributed by atoms with Crippen LogP contribution in [0.4, 0.5) is 0 Å². The van der Waals surface area contributed by atoms with E-state index in [1.807, 2.05) is 30.0 Å². The summed E-state index contributed by atoms with van der Waals surface area (Å²) in [5.74, 6) is 0.956. The molecule has 2 amide bonds. The monoisotopic (exact) mass is 329 g/mol. The number of fused-ring (bicyclic) bond motifs is 1. The Labute approximate surface area is 141 Å². The second-order valence-corrected chi connectivity index (χ2v) is 6.20. The SMILES string of the molecule is COc1ccc2[nH]c(C)c(CC(=O)N3CCN(C(C)=O)CC3)c2c1. The van der Waals surface area contributed by atoms with Crippen LogP contribution in [0.15, 0.2) is 18.2 Å². The van der Waals surface area contributed by atoms with Crippen LogP contribution in [0.3, 0.4) is 0 Å². The Bertz CT molecular complexity index is 773. The number of carbonyl (C=O) groups is 2. The molecule has 2 heterocycles. The smallest absolute Gasteiger partial charge is 0.227 e. The number of hydrogen-bond donors (Lipinski definition) is 1. The van der Waals surface area contributed by atoms with Gasteiger partial charge in [-0.15, -0.1) is 0 Å². The van der Waals surface area contributed by atoms with Crippen LogP contribution >= 0.6 is 0 Å². The number of aryl methyl sites for hydroxylation is 1. The fourth-order valence-corrected chi connectivity index (χ4v) is 3.25. The number of amides is 2. The van der Waals surface area contributed by atoms with E-state index in [1.54, 1.807) is 18.9 Å². The molecule has 0 bridgehead atoms. The summed E-state index contributed by atoms with van der Waals surface area (Å²) in [6, 6.07) is 5.85. The predicted molar refractivity (Wildman–Crippen MR) is 92.1 cm³/mol. The van der Waals surface area contributed by atoms with Gasteiger partial charge in [-0.1, -0.05) is 0 Å². The molecule has 0 unspecified atom stereocenters. The number of hydrogen-bond acceptors (Lipinski definition) is 3. The van der Waals surface area contributed by atoms with Crippen molar-refractivity contribution in [2.24, 2.45) is 0 Å². The molecule has 1 aliphatic heterocycles. The average molecular weight is 329 g/mol. The normalized spacial score (nSPS) is 15.0. The molecule has 3 rings (SSSR count). The van der Waals surface area contributed by atoms with Gasteiger partial charge in [0.15, 0.2) is 0 Å². The number of aromatic amines is 1. The maximum Gasteiger partial charge on any atom is 0.227 e. The number of rotatable bonds is 3. The van der Waals surface area contributed by atoms with E-state index in [0.29, 0.717) is 32.6 Å². The Morgan fingerprint density at radius 3 is 2.46 bits per heavy atom. The zero-order valence-corrected chi connectivity index (χ0v) is 14.4. The van der Waals surface area contributed by atoms with E-state index in [0.717, 1.165) is 27.9 Å². The summed E-state index contributed by atoms with van der Waals surface area (Å²) in [7, 11) is 1.64. The first-order chi connectivity index (χ1) is 11.5. The predicted octanol–water partition coefficient (Wildman–Crippen LogP) is 1.72. The lowest BCUT2D eigenvalue weighted by Crippen LogP contribution is -2.50. The number of methoxy groups -OCH3 is 1. The van der Waals surface area contributed by atoms with E-state index in [1.165, 1.54) is 0 Å². The highest BCUT2D eigenvalue weighted by molar-refractivity contribution is 5.91. The van der Waals surface area contributed by atoms with Gasteiger partial charge in [0, 0.05) is 49.7 Å². The topological polar surface area (TPSA) is 65.6 Å². The van der Waals surface area contributed by atoms with E-state index in [4.69, 9.17) is 4.74 Å². The second kappa shape index (κ2) is 6.55. The minimum Gasteiger partial charge on any atom is -0.497 e. The molecule has 6 nitrogen and oxygen atoms in total. The quantitative estimate of drug-likeness (QED) is 0.932. The van der Waals surface area contributed by atoms with E-state index in [-0.39, 0.29) is 11.8 Å². The van der Waals surface area contributed by atoms with Crippen molar-refractivity contribution in [1.82, 2.24) is 14.8 Å². The van der Waals surface area contributed by atoms with Gasteiger partial charge in [-0.3, -0.25) is 9.59 Å². The number of carbonyl (C=O) groups excluding carboxylic acids is 2. The first-order valence-corrected chi connectivity index (χ1v) is 8.18. The molecule has 0 aliphatic carbocycles. The first-order valence-electron chi connectivity index (χ1n) is 8.18. The van der Waals surface area contributed by atoms with Crippen LogP contribution in [0.1, 0.15) is 18.2 Å². The van der Waals surface area contributed by atoms with Gasteiger partial charge in [0.1, 0.15) is 5.75 Å². The highest BCUT2D eigenvalue weighted by atomic mass is 16.5. The molecule has 0 spiro atoms. The van der Waals surface area contributed by atoms with Crippen molar-refractivity contribution in [3.05, 3.63) is 29.5 Å². The standard InChI is InChI=1S/C18H23N3O3/c1-12-15(16-10-14(24-3)4-5-17(16)19-12)11-18(23)21-8-6-20(7-9-21)13(2)22/h4-5,10,19H,6-9,11H2,1-3H3. The van der Waals surface area contributed by atoms with Crippen LogP contribution in [0.5, 0.6) is 5.75 Å². The Hall–Kier alpha value is -2.50. The molecule has 1 N–H and O–H groups in total. The maximum atomic E-state index is 12.7. The summed E-state index contributed by atoms with van der Waals surface area (Å²) in [6.45, 7) is 5.98. The van der Waals surface area contributed by atoms with Crippen molar-refractivity contribution in [3.63, 3.8) is 0 Å². The van der Waals surface area contributed by atoms with Gasteiger partial charge in [-0.05, 0) is 30.7 Å². The third-order valence-electron chi connectivity index (χ3n) is 4.73. The molecule has 6 heteroatoms. The number of aromatic nitrogens is 1. The van der Waals surface area contributed by atoms with Gasteiger partial charge in [0.2, 0.25) is 11.8 Å². The molecule has 1 aromatic heterocycles. The van der Waals surface area contributed by atoms with E-state index >= 15 is 0 Å². The summed E-state index contributed by atoms with van der Waals surface area (Å²) < 4.78 is 5.30. The van der Waals surface area contributed by atoms with Crippen LogP contribution in [0.25, 0.3) is 10.9 Å². The number of H-pyrrole nitrogens is 1. The van der Waals surface area contributed by atoms with E-state index < -0.39 is 0 Å². The van der Waals surface area contributed by atoms with Gasteiger partial charge in [0.25, 0.3) is 0 Å². The summed E-state index contributed by atoms with van der Waals surface area (Å²) >= 11 is 0. The van der Waals surface area contributed by atoms with Gasteiger partial charge in [-0.2, -0.15) is 0 Å². The molecular formula is C18H23N3O3. The van der Waals surface area contributed by atoms with Crippen molar-refractivity contribution in [1.29, 1.82) is 0 Å². The Morgan fingerprint density at radius 1 is 1.17 bits per heavy atom.